The quantitative estimate of drug-likeness (QED) is 0.884. The largest absolute Gasteiger partial charge is 0.375 e. The summed E-state index contributed by atoms with van der Waals surface area (Å²) in [5, 5.41) is 3.33. The van der Waals surface area contributed by atoms with Crippen LogP contribution in [0.15, 0.2) is 17.5 Å². The number of benzene rings is 1. The number of nitrogens with zero attached hydrogens (tertiary/aromatic N) is 1. The van der Waals surface area contributed by atoms with Crippen LogP contribution < -0.4 is 5.73 Å². The van der Waals surface area contributed by atoms with Gasteiger partial charge in [0.05, 0.1) is 5.69 Å². The third-order valence-corrected chi connectivity index (χ3v) is 3.62. The van der Waals surface area contributed by atoms with E-state index >= 15 is 0 Å². The van der Waals surface area contributed by atoms with Crippen LogP contribution in [-0.4, -0.2) is 4.98 Å². The van der Waals surface area contributed by atoms with Crippen molar-refractivity contribution in [3.63, 3.8) is 0 Å². The predicted octanol–water partition coefficient (Wildman–Crippen LogP) is 4.17. The summed E-state index contributed by atoms with van der Waals surface area (Å²) >= 11 is 7.50. The van der Waals surface area contributed by atoms with Gasteiger partial charge in [0, 0.05) is 10.4 Å². The molecule has 0 bridgehead atoms. The normalized spacial score (nSPS) is 11.2. The molecule has 0 aliphatic carbocycles. The molecular weight excluding hydrogens is 252 g/mol. The lowest BCUT2D eigenvalue weighted by Crippen LogP contribution is -1.85. The van der Waals surface area contributed by atoms with Crippen molar-refractivity contribution in [1.82, 2.24) is 4.98 Å². The fourth-order valence-corrected chi connectivity index (χ4v) is 2.28. The first-order valence-electron chi connectivity index (χ1n) is 5.22. The molecule has 0 saturated heterocycles. The minimum Gasteiger partial charge on any atom is -0.375 e. The molecule has 0 fully saturated rings. The first kappa shape index (κ1) is 12.1. The maximum Gasteiger partial charge on any atom is 0.180 e. The lowest BCUT2D eigenvalue weighted by atomic mass is 10.0. The summed E-state index contributed by atoms with van der Waals surface area (Å²) in [4.78, 5) is 4.18. The molecule has 17 heavy (non-hydrogen) atoms. The molecule has 2 N–H and O–H groups in total. The fourth-order valence-electron chi connectivity index (χ4n) is 1.54. The van der Waals surface area contributed by atoms with Gasteiger partial charge in [-0.15, -0.1) is 11.3 Å². The Morgan fingerprint density at radius 1 is 1.24 bits per heavy atom. The van der Waals surface area contributed by atoms with Crippen LogP contribution in [0, 0.1) is 13.8 Å². The molecule has 1 aromatic carbocycles. The Bertz CT molecular complexity index is 573. The van der Waals surface area contributed by atoms with Crippen LogP contribution in [0.3, 0.4) is 0 Å². The fraction of sp³-hybridized carbons (Fsp3) is 0.154. The molecule has 2 aromatic rings. The van der Waals surface area contributed by atoms with E-state index in [1.807, 2.05) is 37.4 Å². The summed E-state index contributed by atoms with van der Waals surface area (Å²) in [6.45, 7) is 4.04. The van der Waals surface area contributed by atoms with E-state index in [-0.39, 0.29) is 0 Å². The van der Waals surface area contributed by atoms with Crippen LogP contribution in [0.1, 0.15) is 22.4 Å². The number of hydrogen-bond acceptors (Lipinski definition) is 3. The van der Waals surface area contributed by atoms with E-state index < -0.39 is 0 Å². The molecule has 0 atom stereocenters. The lowest BCUT2D eigenvalue weighted by Gasteiger charge is -2.04. The smallest absolute Gasteiger partial charge is 0.180 e. The molecular formula is C13H13ClN2S. The Morgan fingerprint density at radius 2 is 2.00 bits per heavy atom. The van der Waals surface area contributed by atoms with Crippen LogP contribution >= 0.6 is 22.9 Å². The summed E-state index contributed by atoms with van der Waals surface area (Å²) in [5.74, 6) is 0. The third kappa shape index (κ3) is 2.87. The van der Waals surface area contributed by atoms with Gasteiger partial charge in [0.1, 0.15) is 0 Å². The van der Waals surface area contributed by atoms with Crippen LogP contribution in [0.25, 0.3) is 12.2 Å². The Labute approximate surface area is 110 Å². The Morgan fingerprint density at radius 3 is 2.65 bits per heavy atom. The molecule has 2 rings (SSSR count). The number of hydrogen-bond donors (Lipinski definition) is 1. The Hall–Kier alpha value is -1.32. The predicted molar refractivity (Wildman–Crippen MR) is 76.4 cm³/mol. The first-order valence-corrected chi connectivity index (χ1v) is 6.48. The number of nitrogen functional groups attached to an aromatic ring is 1. The highest BCUT2D eigenvalue weighted by Crippen LogP contribution is 2.22. The number of halogens is 1. The van der Waals surface area contributed by atoms with Crippen molar-refractivity contribution < 1.29 is 0 Å². The van der Waals surface area contributed by atoms with Crippen molar-refractivity contribution in [3.8, 4) is 0 Å². The SMILES string of the molecule is Cc1cc(C=Cc2csc(N)n2)c(C)cc1Cl. The van der Waals surface area contributed by atoms with Gasteiger partial charge in [0.15, 0.2) is 5.13 Å². The van der Waals surface area contributed by atoms with Crippen LogP contribution in [0.5, 0.6) is 0 Å². The van der Waals surface area contributed by atoms with E-state index in [2.05, 4.69) is 11.1 Å². The Kier molecular flexibility index (Phi) is 3.50. The molecule has 0 saturated carbocycles. The zero-order valence-corrected chi connectivity index (χ0v) is 11.3. The zero-order chi connectivity index (χ0) is 12.4. The third-order valence-electron chi connectivity index (χ3n) is 2.52. The van der Waals surface area contributed by atoms with Crippen molar-refractivity contribution in [2.45, 2.75) is 13.8 Å². The average molecular weight is 265 g/mol. The maximum atomic E-state index is 6.06. The highest BCUT2D eigenvalue weighted by atomic mass is 35.5. The number of aromatic nitrogens is 1. The molecule has 0 radical (unpaired) electrons. The van der Waals surface area contributed by atoms with E-state index in [4.69, 9.17) is 17.3 Å². The van der Waals surface area contributed by atoms with Crippen molar-refractivity contribution in [3.05, 3.63) is 44.9 Å². The monoisotopic (exact) mass is 264 g/mol. The second-order valence-electron chi connectivity index (χ2n) is 3.90. The molecule has 0 spiro atoms. The molecule has 0 unspecified atom stereocenters. The number of rotatable bonds is 2. The van der Waals surface area contributed by atoms with Gasteiger partial charge >= 0.3 is 0 Å². The number of anilines is 1. The number of thiazole rings is 1. The van der Waals surface area contributed by atoms with Crippen molar-refractivity contribution >= 4 is 40.2 Å². The summed E-state index contributed by atoms with van der Waals surface area (Å²) in [6, 6.07) is 4.05. The number of nitrogens with two attached hydrogens (primary N) is 1. The van der Waals surface area contributed by atoms with Crippen LogP contribution in [-0.2, 0) is 0 Å². The standard InChI is InChI=1S/C13H13ClN2S/c1-8-6-12(14)9(2)5-10(8)3-4-11-7-17-13(15)16-11/h3-7H,1-2H3,(H2,15,16). The van der Waals surface area contributed by atoms with Gasteiger partial charge in [0.2, 0.25) is 0 Å². The summed E-state index contributed by atoms with van der Waals surface area (Å²) in [7, 11) is 0. The number of aryl methyl sites for hydroxylation is 2. The molecule has 1 heterocycles. The average Bonchev–Trinajstić information content (AvgIpc) is 2.68. The van der Waals surface area contributed by atoms with E-state index in [0.717, 1.165) is 27.4 Å². The molecule has 0 amide bonds. The lowest BCUT2D eigenvalue weighted by molar-refractivity contribution is 1.37. The summed E-state index contributed by atoms with van der Waals surface area (Å²) in [6.07, 6.45) is 4.00. The van der Waals surface area contributed by atoms with E-state index in [9.17, 15) is 0 Å². The molecule has 1 aromatic heterocycles. The first-order chi connectivity index (χ1) is 8.06. The minimum atomic E-state index is 0.591. The van der Waals surface area contributed by atoms with Gasteiger partial charge in [-0.25, -0.2) is 4.98 Å². The van der Waals surface area contributed by atoms with Gasteiger partial charge in [-0.1, -0.05) is 23.7 Å². The maximum absolute atomic E-state index is 6.06. The van der Waals surface area contributed by atoms with E-state index in [1.54, 1.807) is 0 Å². The molecule has 4 heteroatoms. The molecule has 88 valence electrons. The van der Waals surface area contributed by atoms with Gasteiger partial charge in [-0.2, -0.15) is 0 Å². The second kappa shape index (κ2) is 4.90. The van der Waals surface area contributed by atoms with E-state index in [0.29, 0.717) is 5.13 Å². The van der Waals surface area contributed by atoms with Gasteiger partial charge in [-0.3, -0.25) is 0 Å². The van der Waals surface area contributed by atoms with Gasteiger partial charge < -0.3 is 5.73 Å². The topological polar surface area (TPSA) is 38.9 Å². The van der Waals surface area contributed by atoms with Crippen molar-refractivity contribution in [2.24, 2.45) is 0 Å². The van der Waals surface area contributed by atoms with Gasteiger partial charge in [0.25, 0.3) is 0 Å². The molecule has 0 aliphatic rings. The van der Waals surface area contributed by atoms with Crippen molar-refractivity contribution in [2.75, 3.05) is 5.73 Å². The van der Waals surface area contributed by atoms with Crippen LogP contribution in [0.2, 0.25) is 5.02 Å². The molecule has 0 aliphatic heterocycles. The highest BCUT2D eigenvalue weighted by Gasteiger charge is 2.00. The minimum absolute atomic E-state index is 0.591. The second-order valence-corrected chi connectivity index (χ2v) is 5.20. The van der Waals surface area contributed by atoms with E-state index in [1.165, 1.54) is 11.3 Å². The summed E-state index contributed by atoms with van der Waals surface area (Å²) in [5.41, 5.74) is 9.85. The Balaban J connectivity index is 2.30. The highest BCUT2D eigenvalue weighted by molar-refractivity contribution is 7.13. The van der Waals surface area contributed by atoms with Crippen molar-refractivity contribution in [1.29, 1.82) is 0 Å². The molecule has 2 nitrogen and oxygen atoms in total. The van der Waals surface area contributed by atoms with Gasteiger partial charge in [-0.05, 0) is 42.7 Å². The summed E-state index contributed by atoms with van der Waals surface area (Å²) < 4.78 is 0. The zero-order valence-electron chi connectivity index (χ0n) is 9.70. The van der Waals surface area contributed by atoms with Crippen LogP contribution in [0.4, 0.5) is 5.13 Å².